The smallest absolute Gasteiger partial charge is 0.251 e. The second kappa shape index (κ2) is 16.4. The Bertz CT molecular complexity index is 1790. The van der Waals surface area contributed by atoms with E-state index < -0.39 is 6.04 Å². The lowest BCUT2D eigenvalue weighted by atomic mass is 9.81. The molecule has 12 nitrogen and oxygen atoms in total. The molecule has 6 rings (SSSR count). The van der Waals surface area contributed by atoms with E-state index in [2.05, 4.69) is 55.4 Å². The number of piperidine rings is 1. The number of aromatic nitrogens is 4. The molecule has 1 saturated heterocycles. The number of rotatable bonds is 11. The van der Waals surface area contributed by atoms with Gasteiger partial charge in [0.05, 0.1) is 0 Å². The van der Waals surface area contributed by atoms with Crippen LogP contribution >= 0.6 is 0 Å². The lowest BCUT2D eigenvalue weighted by molar-refractivity contribution is -0.130. The maximum absolute atomic E-state index is 13.8. The molecule has 0 bridgehead atoms. The molecule has 3 amide bonds. The molecule has 1 saturated carbocycles. The van der Waals surface area contributed by atoms with Crippen LogP contribution in [-0.4, -0.2) is 82.0 Å². The largest absolute Gasteiger partial charge is 0.349 e. The number of H-pyrrole nitrogens is 1. The minimum absolute atomic E-state index is 0.0453. The van der Waals surface area contributed by atoms with Crippen LogP contribution in [0.5, 0.6) is 0 Å². The van der Waals surface area contributed by atoms with Crippen molar-refractivity contribution >= 4 is 23.4 Å². The molecular formula is C39H49N9O3. The molecule has 1 atom stereocenters. The summed E-state index contributed by atoms with van der Waals surface area (Å²) in [7, 11) is 2.11. The highest BCUT2D eigenvalue weighted by atomic mass is 16.2. The normalized spacial score (nSPS) is 18.9. The molecule has 1 aliphatic carbocycles. The quantitative estimate of drug-likeness (QED) is 0.154. The average Bonchev–Trinajstić information content (AvgIpc) is 3.69. The van der Waals surface area contributed by atoms with E-state index in [1.54, 1.807) is 24.3 Å². The van der Waals surface area contributed by atoms with Crippen LogP contribution < -0.4 is 21.7 Å². The highest BCUT2D eigenvalue weighted by Crippen LogP contribution is 2.30. The molecule has 2 fully saturated rings. The van der Waals surface area contributed by atoms with Crippen LogP contribution in [-0.2, 0) is 16.0 Å². The monoisotopic (exact) mass is 691 g/mol. The molecule has 0 radical (unpaired) electrons. The fourth-order valence-electron chi connectivity index (χ4n) is 7.14. The van der Waals surface area contributed by atoms with E-state index in [1.165, 1.54) is 0 Å². The van der Waals surface area contributed by atoms with Gasteiger partial charge in [-0.15, -0.1) is 10.2 Å². The molecule has 0 unspecified atom stereocenters. The Morgan fingerprint density at radius 2 is 1.61 bits per heavy atom. The molecule has 0 spiro atoms. The van der Waals surface area contributed by atoms with Crippen molar-refractivity contribution < 1.29 is 14.4 Å². The van der Waals surface area contributed by atoms with Crippen LogP contribution in [0.4, 0.5) is 5.69 Å². The number of nitrogens with zero attached hydrogens (tertiary/aromatic N) is 4. The number of likely N-dealkylation sites (tertiary alicyclic amines) is 1. The number of carbonyl (C=O) groups is 3. The summed E-state index contributed by atoms with van der Waals surface area (Å²) in [5, 5.41) is 23.3. The predicted octanol–water partition coefficient (Wildman–Crippen LogP) is 4.41. The van der Waals surface area contributed by atoms with Gasteiger partial charge in [0.2, 0.25) is 17.6 Å². The molecule has 12 heteroatoms. The van der Waals surface area contributed by atoms with Crippen LogP contribution in [0.3, 0.4) is 0 Å². The molecule has 4 aromatic rings. The Kier molecular flexibility index (Phi) is 11.5. The minimum Gasteiger partial charge on any atom is -0.349 e. The third kappa shape index (κ3) is 9.05. The third-order valence-electron chi connectivity index (χ3n) is 10.6. The van der Waals surface area contributed by atoms with Crippen LogP contribution in [0.1, 0.15) is 65.6 Å². The van der Waals surface area contributed by atoms with Crippen LogP contribution in [0.25, 0.3) is 22.5 Å². The molecule has 268 valence electrons. The molecule has 3 aromatic carbocycles. The highest BCUT2D eigenvalue weighted by Gasteiger charge is 2.29. The van der Waals surface area contributed by atoms with Crippen molar-refractivity contribution in [2.24, 2.45) is 17.6 Å². The van der Waals surface area contributed by atoms with Gasteiger partial charge in [0.1, 0.15) is 6.04 Å². The number of hydrogen-bond donors (Lipinski definition) is 5. The second-order valence-corrected chi connectivity index (χ2v) is 14.2. The summed E-state index contributed by atoms with van der Waals surface area (Å²) < 4.78 is 0. The lowest BCUT2D eigenvalue weighted by Crippen LogP contribution is -2.48. The number of anilines is 1. The van der Waals surface area contributed by atoms with Crippen molar-refractivity contribution in [2.75, 3.05) is 32.0 Å². The van der Waals surface area contributed by atoms with Crippen LogP contribution in [0.15, 0.2) is 60.7 Å². The zero-order chi connectivity index (χ0) is 35.9. The molecule has 2 aliphatic rings. The summed E-state index contributed by atoms with van der Waals surface area (Å²) >= 11 is 0. The first kappa shape index (κ1) is 35.9. The Morgan fingerprint density at radius 1 is 0.922 bits per heavy atom. The maximum atomic E-state index is 13.8. The van der Waals surface area contributed by atoms with E-state index in [-0.39, 0.29) is 29.7 Å². The Morgan fingerprint density at radius 3 is 2.25 bits per heavy atom. The van der Waals surface area contributed by atoms with Gasteiger partial charge in [-0.2, -0.15) is 5.21 Å². The molecule has 6 N–H and O–H groups in total. The zero-order valence-corrected chi connectivity index (χ0v) is 29.7. The lowest BCUT2D eigenvalue weighted by Gasteiger charge is -2.29. The van der Waals surface area contributed by atoms with Gasteiger partial charge in [0.25, 0.3) is 5.91 Å². The van der Waals surface area contributed by atoms with E-state index in [0.717, 1.165) is 85.0 Å². The fourth-order valence-corrected chi connectivity index (χ4v) is 7.14. The van der Waals surface area contributed by atoms with Gasteiger partial charge in [0.15, 0.2) is 0 Å². The number of benzene rings is 3. The van der Waals surface area contributed by atoms with Gasteiger partial charge < -0.3 is 26.6 Å². The summed E-state index contributed by atoms with van der Waals surface area (Å²) in [6.45, 7) is 6.70. The number of nitrogens with two attached hydrogens (primary N) is 1. The van der Waals surface area contributed by atoms with Crippen molar-refractivity contribution in [3.05, 3.63) is 82.9 Å². The number of amides is 3. The molecule has 1 aromatic heterocycles. The second-order valence-electron chi connectivity index (χ2n) is 14.2. The first-order valence-corrected chi connectivity index (χ1v) is 18.0. The Hall–Kier alpha value is -4.94. The van der Waals surface area contributed by atoms with Gasteiger partial charge in [-0.05, 0) is 154 Å². The SMILES string of the molecule is Cc1cc(C(=O)NC2CCN(C)CC2)cc(-c2ccc(C[C@H](NC(=O)C3CCC(CN)CC3)C(=O)Nc3ccc(-c4nn[nH]n4)cc3)cc2)c1C. The van der Waals surface area contributed by atoms with E-state index in [4.69, 9.17) is 5.73 Å². The van der Waals surface area contributed by atoms with Crippen molar-refractivity contribution in [1.29, 1.82) is 0 Å². The maximum Gasteiger partial charge on any atom is 0.251 e. The zero-order valence-electron chi connectivity index (χ0n) is 29.7. The predicted molar refractivity (Wildman–Crippen MR) is 198 cm³/mol. The summed E-state index contributed by atoms with van der Waals surface area (Å²) in [6.07, 6.45) is 5.57. The van der Waals surface area contributed by atoms with Crippen molar-refractivity contribution in [1.82, 2.24) is 36.2 Å². The summed E-state index contributed by atoms with van der Waals surface area (Å²) in [5.41, 5.74) is 12.9. The van der Waals surface area contributed by atoms with Crippen molar-refractivity contribution in [2.45, 2.75) is 70.9 Å². The number of tetrazole rings is 1. The van der Waals surface area contributed by atoms with Gasteiger partial charge in [-0.25, -0.2) is 0 Å². The van der Waals surface area contributed by atoms with E-state index in [0.29, 0.717) is 36.0 Å². The van der Waals surface area contributed by atoms with Gasteiger partial charge >= 0.3 is 0 Å². The van der Waals surface area contributed by atoms with Crippen molar-refractivity contribution in [3.8, 4) is 22.5 Å². The average molecular weight is 692 g/mol. The third-order valence-corrected chi connectivity index (χ3v) is 10.6. The molecule has 2 heterocycles. The Labute approximate surface area is 299 Å². The standard InChI is InChI=1S/C39H49N9O3/c1-24-20-31(38(50)41-33-16-18-48(3)19-17-33)22-34(25(24)2)28-8-4-26(5-9-28)21-35(43-37(49)30-10-6-27(23-40)7-11-30)39(51)42-32-14-12-29(13-15-32)36-44-46-47-45-36/h4-5,8-9,12-15,20,22,27,30,33,35H,6-7,10-11,16-19,21,23,40H2,1-3H3,(H,41,50)(H,42,51)(H,43,49)(H,44,45,46,47)/t27?,30?,35-/m0/s1. The molecule has 51 heavy (non-hydrogen) atoms. The van der Waals surface area contributed by atoms with Gasteiger partial charge in [0, 0.05) is 35.2 Å². The number of carbonyl (C=O) groups excluding carboxylic acids is 3. The number of hydrogen-bond acceptors (Lipinski definition) is 8. The van der Waals surface area contributed by atoms with Crippen LogP contribution in [0, 0.1) is 25.7 Å². The highest BCUT2D eigenvalue weighted by molar-refractivity contribution is 5.98. The number of aryl methyl sites for hydroxylation is 1. The Balaban J connectivity index is 1.17. The van der Waals surface area contributed by atoms with Crippen molar-refractivity contribution in [3.63, 3.8) is 0 Å². The van der Waals surface area contributed by atoms with Gasteiger partial charge in [-0.1, -0.05) is 24.3 Å². The molecular weight excluding hydrogens is 642 g/mol. The number of aromatic amines is 1. The molecule has 1 aliphatic heterocycles. The summed E-state index contributed by atoms with van der Waals surface area (Å²) in [6, 6.07) is 18.5. The summed E-state index contributed by atoms with van der Waals surface area (Å²) in [5.74, 6) is 0.315. The van der Waals surface area contributed by atoms with E-state index >= 15 is 0 Å². The number of nitrogens with one attached hydrogen (secondary N) is 4. The van der Waals surface area contributed by atoms with E-state index in [1.807, 2.05) is 43.3 Å². The van der Waals surface area contributed by atoms with Crippen LogP contribution in [0.2, 0.25) is 0 Å². The summed E-state index contributed by atoms with van der Waals surface area (Å²) in [4.78, 5) is 42.8. The topological polar surface area (TPSA) is 171 Å². The fraction of sp³-hybridized carbons (Fsp3) is 0.436. The van der Waals surface area contributed by atoms with E-state index in [9.17, 15) is 14.4 Å². The minimum atomic E-state index is -0.789. The first-order valence-electron chi connectivity index (χ1n) is 18.0. The first-order chi connectivity index (χ1) is 24.7. The van der Waals surface area contributed by atoms with Gasteiger partial charge in [-0.3, -0.25) is 14.4 Å².